The standard InChI is InChI=1S/C20H24N4O2S/c1-2-11-23-12-14-24(15-13-23)18-10-6-9-17-19(18)21-22-20(17)27(25,26)16-7-4-3-5-8-16/h3-10H,2,11-15H2,1H3,(H,21,22). The van der Waals surface area contributed by atoms with E-state index >= 15 is 0 Å². The topological polar surface area (TPSA) is 69.3 Å². The van der Waals surface area contributed by atoms with Crippen molar-refractivity contribution < 1.29 is 8.42 Å². The van der Waals surface area contributed by atoms with Crippen LogP contribution in [0.25, 0.3) is 10.9 Å². The molecule has 1 saturated heterocycles. The van der Waals surface area contributed by atoms with E-state index in [2.05, 4.69) is 26.9 Å². The number of rotatable bonds is 5. The van der Waals surface area contributed by atoms with Crippen LogP contribution in [0.15, 0.2) is 58.5 Å². The molecule has 0 atom stereocenters. The fraction of sp³-hybridized carbons (Fsp3) is 0.350. The van der Waals surface area contributed by atoms with Gasteiger partial charge >= 0.3 is 0 Å². The number of aromatic amines is 1. The number of benzene rings is 2. The molecule has 0 saturated carbocycles. The summed E-state index contributed by atoms with van der Waals surface area (Å²) in [5.74, 6) is 0. The fourth-order valence-electron chi connectivity index (χ4n) is 3.71. The van der Waals surface area contributed by atoms with Gasteiger partial charge in [-0.2, -0.15) is 5.10 Å². The first-order valence-electron chi connectivity index (χ1n) is 9.36. The Morgan fingerprint density at radius 2 is 1.74 bits per heavy atom. The third-order valence-electron chi connectivity index (χ3n) is 5.10. The lowest BCUT2D eigenvalue weighted by Crippen LogP contribution is -2.46. The van der Waals surface area contributed by atoms with Crippen molar-refractivity contribution in [1.82, 2.24) is 15.1 Å². The first kappa shape index (κ1) is 18.0. The van der Waals surface area contributed by atoms with Crippen molar-refractivity contribution >= 4 is 26.4 Å². The first-order valence-corrected chi connectivity index (χ1v) is 10.8. The molecule has 1 fully saturated rings. The summed E-state index contributed by atoms with van der Waals surface area (Å²) in [6.07, 6.45) is 1.16. The van der Waals surface area contributed by atoms with E-state index in [1.165, 1.54) is 0 Å². The molecule has 0 spiro atoms. The highest BCUT2D eigenvalue weighted by Crippen LogP contribution is 2.32. The summed E-state index contributed by atoms with van der Waals surface area (Å²) >= 11 is 0. The largest absolute Gasteiger partial charge is 0.367 e. The van der Waals surface area contributed by atoms with Gasteiger partial charge in [0.2, 0.25) is 9.84 Å². The van der Waals surface area contributed by atoms with Gasteiger partial charge in [-0.3, -0.25) is 10.00 Å². The van der Waals surface area contributed by atoms with E-state index in [-0.39, 0.29) is 9.92 Å². The van der Waals surface area contributed by atoms with E-state index in [9.17, 15) is 8.42 Å². The van der Waals surface area contributed by atoms with Crippen LogP contribution >= 0.6 is 0 Å². The molecule has 6 nitrogen and oxygen atoms in total. The molecule has 142 valence electrons. The van der Waals surface area contributed by atoms with E-state index in [0.29, 0.717) is 5.39 Å². The summed E-state index contributed by atoms with van der Waals surface area (Å²) in [6.45, 7) is 7.21. The van der Waals surface area contributed by atoms with Gasteiger partial charge in [0.15, 0.2) is 5.03 Å². The second-order valence-corrected chi connectivity index (χ2v) is 8.76. The highest BCUT2D eigenvalue weighted by Gasteiger charge is 2.25. The van der Waals surface area contributed by atoms with Gasteiger partial charge in [0, 0.05) is 31.6 Å². The number of sulfone groups is 1. The van der Waals surface area contributed by atoms with Gasteiger partial charge in [0.05, 0.1) is 10.6 Å². The Kier molecular flexibility index (Phi) is 4.88. The molecule has 2 heterocycles. The van der Waals surface area contributed by atoms with E-state index < -0.39 is 9.84 Å². The van der Waals surface area contributed by atoms with Crippen LogP contribution < -0.4 is 4.90 Å². The lowest BCUT2D eigenvalue weighted by molar-refractivity contribution is 0.258. The normalized spacial score (nSPS) is 16.1. The number of anilines is 1. The second-order valence-electron chi connectivity index (χ2n) is 6.87. The first-order chi connectivity index (χ1) is 13.1. The Hall–Kier alpha value is -2.38. The zero-order chi connectivity index (χ0) is 18.9. The Morgan fingerprint density at radius 3 is 2.44 bits per heavy atom. The number of H-pyrrole nitrogens is 1. The lowest BCUT2D eigenvalue weighted by atomic mass is 10.2. The number of fused-ring (bicyclic) bond motifs is 1. The van der Waals surface area contributed by atoms with Crippen molar-refractivity contribution in [3.8, 4) is 0 Å². The minimum Gasteiger partial charge on any atom is -0.367 e. The van der Waals surface area contributed by atoms with Crippen molar-refractivity contribution in [2.45, 2.75) is 23.3 Å². The quantitative estimate of drug-likeness (QED) is 0.732. The third kappa shape index (κ3) is 3.33. The zero-order valence-electron chi connectivity index (χ0n) is 15.4. The van der Waals surface area contributed by atoms with Gasteiger partial charge < -0.3 is 4.90 Å². The lowest BCUT2D eigenvalue weighted by Gasteiger charge is -2.36. The number of piperazine rings is 1. The third-order valence-corrected chi connectivity index (χ3v) is 6.85. The number of para-hydroxylation sites is 1. The number of nitrogens with one attached hydrogen (secondary N) is 1. The summed E-state index contributed by atoms with van der Waals surface area (Å²) in [5, 5.41) is 7.98. The van der Waals surface area contributed by atoms with Crippen LogP contribution in [0.3, 0.4) is 0 Å². The maximum Gasteiger partial charge on any atom is 0.223 e. The number of nitrogens with zero attached hydrogens (tertiary/aromatic N) is 3. The summed E-state index contributed by atoms with van der Waals surface area (Å²) in [4.78, 5) is 5.04. The van der Waals surface area contributed by atoms with Crippen molar-refractivity contribution in [2.75, 3.05) is 37.6 Å². The summed E-state index contributed by atoms with van der Waals surface area (Å²) < 4.78 is 26.0. The number of hydrogen-bond donors (Lipinski definition) is 1. The minimum atomic E-state index is -3.63. The number of hydrogen-bond acceptors (Lipinski definition) is 5. The maximum atomic E-state index is 13.0. The summed E-state index contributed by atoms with van der Waals surface area (Å²) in [5.41, 5.74) is 1.71. The van der Waals surface area contributed by atoms with Crippen LogP contribution in [0.1, 0.15) is 13.3 Å². The minimum absolute atomic E-state index is 0.162. The molecule has 27 heavy (non-hydrogen) atoms. The van der Waals surface area contributed by atoms with E-state index in [4.69, 9.17) is 0 Å². The van der Waals surface area contributed by atoms with Crippen molar-refractivity contribution in [3.05, 3.63) is 48.5 Å². The van der Waals surface area contributed by atoms with E-state index in [1.54, 1.807) is 30.3 Å². The van der Waals surface area contributed by atoms with Gasteiger partial charge in [-0.25, -0.2) is 8.42 Å². The van der Waals surface area contributed by atoms with Gasteiger partial charge in [0.25, 0.3) is 0 Å². The monoisotopic (exact) mass is 384 g/mol. The Labute approximate surface area is 159 Å². The highest BCUT2D eigenvalue weighted by atomic mass is 32.2. The van der Waals surface area contributed by atoms with Gasteiger partial charge in [-0.05, 0) is 37.2 Å². The van der Waals surface area contributed by atoms with Crippen molar-refractivity contribution in [2.24, 2.45) is 0 Å². The molecule has 0 amide bonds. The molecule has 4 rings (SSSR count). The average molecular weight is 385 g/mol. The maximum absolute atomic E-state index is 13.0. The molecule has 1 aliphatic rings. The van der Waals surface area contributed by atoms with E-state index in [1.807, 2.05) is 18.2 Å². The molecular weight excluding hydrogens is 360 g/mol. The highest BCUT2D eigenvalue weighted by molar-refractivity contribution is 7.91. The summed E-state index contributed by atoms with van der Waals surface area (Å²) in [7, 11) is -3.63. The Morgan fingerprint density at radius 1 is 1.00 bits per heavy atom. The SMILES string of the molecule is CCCN1CCN(c2cccc3c(S(=O)(=O)c4ccccc4)[nH]nc23)CC1. The predicted molar refractivity (Wildman–Crippen MR) is 107 cm³/mol. The van der Waals surface area contributed by atoms with Crippen molar-refractivity contribution in [1.29, 1.82) is 0 Å². The molecule has 0 aliphatic carbocycles. The Bertz CT molecular complexity index is 1020. The molecule has 0 radical (unpaired) electrons. The molecule has 1 aromatic heterocycles. The molecule has 0 bridgehead atoms. The van der Waals surface area contributed by atoms with Crippen LogP contribution in [0.5, 0.6) is 0 Å². The molecular formula is C20H24N4O2S. The fourth-order valence-corrected chi connectivity index (χ4v) is 5.08. The molecule has 0 unspecified atom stereocenters. The predicted octanol–water partition coefficient (Wildman–Crippen LogP) is 2.93. The van der Waals surface area contributed by atoms with Gasteiger partial charge in [0.1, 0.15) is 5.52 Å². The second kappa shape index (κ2) is 7.32. The van der Waals surface area contributed by atoms with Crippen LogP contribution in [0.2, 0.25) is 0 Å². The average Bonchev–Trinajstić information content (AvgIpc) is 3.15. The van der Waals surface area contributed by atoms with Crippen molar-refractivity contribution in [3.63, 3.8) is 0 Å². The molecule has 1 N–H and O–H groups in total. The van der Waals surface area contributed by atoms with Crippen LogP contribution in [0.4, 0.5) is 5.69 Å². The molecule has 2 aromatic carbocycles. The van der Waals surface area contributed by atoms with Gasteiger partial charge in [-0.1, -0.05) is 31.2 Å². The molecule has 1 aliphatic heterocycles. The Balaban J connectivity index is 1.69. The zero-order valence-corrected chi connectivity index (χ0v) is 16.2. The number of aromatic nitrogens is 2. The molecule has 3 aromatic rings. The van der Waals surface area contributed by atoms with Gasteiger partial charge in [-0.15, -0.1) is 0 Å². The van der Waals surface area contributed by atoms with Crippen LogP contribution in [-0.2, 0) is 9.84 Å². The summed E-state index contributed by atoms with van der Waals surface area (Å²) in [6, 6.07) is 14.2. The molecule has 7 heteroatoms. The van der Waals surface area contributed by atoms with Crippen LogP contribution in [-0.4, -0.2) is 56.2 Å². The van der Waals surface area contributed by atoms with E-state index in [0.717, 1.165) is 50.3 Å². The smallest absolute Gasteiger partial charge is 0.223 e. The van der Waals surface area contributed by atoms with Crippen LogP contribution in [0, 0.1) is 0 Å².